The van der Waals surface area contributed by atoms with Crippen molar-refractivity contribution in [3.63, 3.8) is 0 Å². The molecular weight excluding hydrogens is 252 g/mol. The maximum atomic E-state index is 11.5. The third-order valence-corrected chi connectivity index (χ3v) is 2.48. The molecule has 0 saturated carbocycles. The van der Waals surface area contributed by atoms with E-state index in [1.807, 2.05) is 19.9 Å². The number of hydrogen-bond donors (Lipinski definition) is 2. The van der Waals surface area contributed by atoms with Crippen LogP contribution < -0.4 is 15.8 Å². The van der Waals surface area contributed by atoms with Gasteiger partial charge in [0.2, 0.25) is 0 Å². The van der Waals surface area contributed by atoms with Gasteiger partial charge in [-0.25, -0.2) is 0 Å². The number of nitrogens with one attached hydrogen (secondary N) is 1. The summed E-state index contributed by atoms with van der Waals surface area (Å²) < 4.78 is 5.48. The third-order valence-electron chi connectivity index (χ3n) is 2.24. The highest BCUT2D eigenvalue weighted by Crippen LogP contribution is 2.23. The second-order valence-electron chi connectivity index (χ2n) is 4.30. The Balaban J connectivity index is 2.63. The van der Waals surface area contributed by atoms with Gasteiger partial charge in [0.25, 0.3) is 5.91 Å². The fourth-order valence-corrected chi connectivity index (χ4v) is 1.74. The van der Waals surface area contributed by atoms with E-state index < -0.39 is 0 Å². The fraction of sp³-hybridized carbons (Fsp3) is 0.462. The van der Waals surface area contributed by atoms with Crippen LogP contribution in [0.3, 0.4) is 0 Å². The summed E-state index contributed by atoms with van der Waals surface area (Å²) >= 11 is 5.91. The number of halogens is 1. The normalized spacial score (nSPS) is 10.5. The molecule has 0 aromatic heterocycles. The summed E-state index contributed by atoms with van der Waals surface area (Å²) in [6.07, 6.45) is 0.668. The molecule has 1 aromatic carbocycles. The highest BCUT2D eigenvalue weighted by molar-refractivity contribution is 6.30. The van der Waals surface area contributed by atoms with Crippen LogP contribution in [0.15, 0.2) is 18.2 Å². The SMILES string of the molecule is CC(C)NC(=O)COc1ccc(Cl)cc1CCN. The molecule has 0 bridgehead atoms. The van der Waals surface area contributed by atoms with Crippen LogP contribution >= 0.6 is 11.6 Å². The number of ether oxygens (including phenoxy) is 1. The first-order chi connectivity index (χ1) is 8.52. The van der Waals surface area contributed by atoms with E-state index in [1.165, 1.54) is 0 Å². The minimum atomic E-state index is -0.140. The maximum Gasteiger partial charge on any atom is 0.258 e. The van der Waals surface area contributed by atoms with Crippen molar-refractivity contribution < 1.29 is 9.53 Å². The minimum absolute atomic E-state index is 0.00260. The average molecular weight is 271 g/mol. The highest BCUT2D eigenvalue weighted by atomic mass is 35.5. The number of carbonyl (C=O) groups is 1. The Morgan fingerprint density at radius 3 is 2.83 bits per heavy atom. The first kappa shape index (κ1) is 14.8. The van der Waals surface area contributed by atoms with Crippen LogP contribution in [-0.4, -0.2) is 25.1 Å². The van der Waals surface area contributed by atoms with Crippen LogP contribution in [0.5, 0.6) is 5.75 Å². The molecule has 0 radical (unpaired) electrons. The summed E-state index contributed by atoms with van der Waals surface area (Å²) in [6.45, 7) is 4.31. The maximum absolute atomic E-state index is 11.5. The summed E-state index contributed by atoms with van der Waals surface area (Å²) in [5.41, 5.74) is 6.44. The molecule has 1 rings (SSSR count). The molecule has 0 heterocycles. The third kappa shape index (κ3) is 4.94. The van der Waals surface area contributed by atoms with Crippen LogP contribution in [0.2, 0.25) is 5.02 Å². The molecular formula is C13H19ClN2O2. The van der Waals surface area contributed by atoms with Gasteiger partial charge in [-0.05, 0) is 50.6 Å². The molecule has 0 saturated heterocycles. The smallest absolute Gasteiger partial charge is 0.258 e. The highest BCUT2D eigenvalue weighted by Gasteiger charge is 2.08. The first-order valence-electron chi connectivity index (χ1n) is 5.93. The topological polar surface area (TPSA) is 64.3 Å². The lowest BCUT2D eigenvalue weighted by molar-refractivity contribution is -0.123. The van der Waals surface area contributed by atoms with Crippen LogP contribution in [0, 0.1) is 0 Å². The van der Waals surface area contributed by atoms with Crippen molar-refractivity contribution in [3.8, 4) is 5.75 Å². The largest absolute Gasteiger partial charge is 0.483 e. The van der Waals surface area contributed by atoms with E-state index in [0.717, 1.165) is 5.56 Å². The first-order valence-corrected chi connectivity index (χ1v) is 6.31. The molecule has 0 atom stereocenters. The Kier molecular flexibility index (Phi) is 5.95. The summed E-state index contributed by atoms with van der Waals surface area (Å²) in [6, 6.07) is 5.41. The van der Waals surface area contributed by atoms with Crippen LogP contribution in [0.1, 0.15) is 19.4 Å². The molecule has 0 aliphatic rings. The second-order valence-corrected chi connectivity index (χ2v) is 4.74. The van der Waals surface area contributed by atoms with Crippen LogP contribution in [0.25, 0.3) is 0 Å². The van der Waals surface area contributed by atoms with Gasteiger partial charge in [0.05, 0.1) is 0 Å². The average Bonchev–Trinajstić information content (AvgIpc) is 2.27. The molecule has 1 amide bonds. The second kappa shape index (κ2) is 7.24. The molecule has 0 fully saturated rings. The predicted octanol–water partition coefficient (Wildman–Crippen LogP) is 1.74. The monoisotopic (exact) mass is 270 g/mol. The number of carbonyl (C=O) groups excluding carboxylic acids is 1. The molecule has 0 spiro atoms. The Hall–Kier alpha value is -1.26. The van der Waals surface area contributed by atoms with Gasteiger partial charge >= 0.3 is 0 Å². The van der Waals surface area contributed by atoms with Crippen molar-refractivity contribution >= 4 is 17.5 Å². The van der Waals surface area contributed by atoms with E-state index in [9.17, 15) is 4.79 Å². The lowest BCUT2D eigenvalue weighted by Gasteiger charge is -2.12. The van der Waals surface area contributed by atoms with Gasteiger partial charge in [0.1, 0.15) is 5.75 Å². The van der Waals surface area contributed by atoms with E-state index in [-0.39, 0.29) is 18.6 Å². The molecule has 100 valence electrons. The Morgan fingerprint density at radius 2 is 2.22 bits per heavy atom. The standard InChI is InChI=1S/C13H19ClN2O2/c1-9(2)16-13(17)8-18-12-4-3-11(14)7-10(12)5-6-15/h3-4,7,9H,5-6,8,15H2,1-2H3,(H,16,17). The van der Waals surface area contributed by atoms with Gasteiger partial charge in [-0.3, -0.25) is 4.79 Å². The minimum Gasteiger partial charge on any atom is -0.483 e. The van der Waals surface area contributed by atoms with E-state index in [2.05, 4.69) is 5.32 Å². The number of rotatable bonds is 6. The summed E-state index contributed by atoms with van der Waals surface area (Å²) in [5, 5.41) is 3.40. The summed E-state index contributed by atoms with van der Waals surface area (Å²) in [4.78, 5) is 11.5. The predicted molar refractivity (Wildman–Crippen MR) is 73.0 cm³/mol. The number of amides is 1. The Labute approximate surface area is 112 Å². The zero-order chi connectivity index (χ0) is 13.5. The fourth-order valence-electron chi connectivity index (χ4n) is 1.55. The molecule has 5 heteroatoms. The zero-order valence-corrected chi connectivity index (χ0v) is 11.5. The quantitative estimate of drug-likeness (QED) is 0.828. The van der Waals surface area contributed by atoms with Gasteiger partial charge in [-0.15, -0.1) is 0 Å². The molecule has 0 aliphatic heterocycles. The van der Waals surface area contributed by atoms with E-state index in [0.29, 0.717) is 23.7 Å². The van der Waals surface area contributed by atoms with Crippen molar-refractivity contribution in [2.24, 2.45) is 5.73 Å². The molecule has 0 aliphatic carbocycles. The van der Waals surface area contributed by atoms with E-state index >= 15 is 0 Å². The van der Waals surface area contributed by atoms with Gasteiger partial charge in [0.15, 0.2) is 6.61 Å². The number of benzene rings is 1. The van der Waals surface area contributed by atoms with Gasteiger partial charge < -0.3 is 15.8 Å². The van der Waals surface area contributed by atoms with Crippen molar-refractivity contribution in [1.29, 1.82) is 0 Å². The number of hydrogen-bond acceptors (Lipinski definition) is 3. The van der Waals surface area contributed by atoms with Gasteiger partial charge in [0, 0.05) is 11.1 Å². The molecule has 3 N–H and O–H groups in total. The van der Waals surface area contributed by atoms with Gasteiger partial charge in [-0.2, -0.15) is 0 Å². The number of nitrogens with two attached hydrogens (primary N) is 1. The molecule has 4 nitrogen and oxygen atoms in total. The van der Waals surface area contributed by atoms with Crippen molar-refractivity contribution in [1.82, 2.24) is 5.32 Å². The molecule has 0 unspecified atom stereocenters. The molecule has 18 heavy (non-hydrogen) atoms. The summed E-state index contributed by atoms with van der Waals surface area (Å²) in [5.74, 6) is 0.516. The van der Waals surface area contributed by atoms with Crippen LogP contribution in [0.4, 0.5) is 0 Å². The van der Waals surface area contributed by atoms with Crippen molar-refractivity contribution in [2.75, 3.05) is 13.2 Å². The van der Waals surface area contributed by atoms with E-state index in [1.54, 1.807) is 12.1 Å². The molecule has 1 aromatic rings. The lowest BCUT2D eigenvalue weighted by Crippen LogP contribution is -2.34. The van der Waals surface area contributed by atoms with E-state index in [4.69, 9.17) is 22.1 Å². The Morgan fingerprint density at radius 1 is 1.50 bits per heavy atom. The van der Waals surface area contributed by atoms with Crippen LogP contribution in [-0.2, 0) is 11.2 Å². The van der Waals surface area contributed by atoms with Crippen molar-refractivity contribution in [2.45, 2.75) is 26.3 Å². The zero-order valence-electron chi connectivity index (χ0n) is 10.7. The summed E-state index contributed by atoms with van der Waals surface area (Å²) in [7, 11) is 0. The van der Waals surface area contributed by atoms with Crippen molar-refractivity contribution in [3.05, 3.63) is 28.8 Å². The lowest BCUT2D eigenvalue weighted by atomic mass is 10.1. The van der Waals surface area contributed by atoms with Gasteiger partial charge in [-0.1, -0.05) is 11.6 Å². The Bertz CT molecular complexity index is 408.